The first-order chi connectivity index (χ1) is 11.6. The highest BCUT2D eigenvalue weighted by Gasteiger charge is 2.19. The molecule has 4 heteroatoms. The molecule has 1 amide bonds. The summed E-state index contributed by atoms with van der Waals surface area (Å²) in [6.07, 6.45) is 0. The Kier molecular flexibility index (Phi) is 4.86. The summed E-state index contributed by atoms with van der Waals surface area (Å²) in [6, 6.07) is 14.2. The predicted molar refractivity (Wildman–Crippen MR) is 99.7 cm³/mol. The fourth-order valence-corrected chi connectivity index (χ4v) is 3.51. The summed E-state index contributed by atoms with van der Waals surface area (Å²) in [7, 11) is 3.53. The molecule has 3 nitrogen and oxygen atoms in total. The number of nitrogens with zero attached hydrogens (tertiary/aromatic N) is 1. The van der Waals surface area contributed by atoms with E-state index >= 15 is 0 Å². The van der Waals surface area contributed by atoms with Gasteiger partial charge in [0.1, 0.15) is 5.75 Å². The van der Waals surface area contributed by atoms with Gasteiger partial charge in [0.2, 0.25) is 5.91 Å². The van der Waals surface area contributed by atoms with Gasteiger partial charge in [-0.3, -0.25) is 4.79 Å². The Morgan fingerprint density at radius 1 is 1.17 bits per heavy atom. The fraction of sp³-hybridized carbons (Fsp3) is 0.250. The van der Waals surface area contributed by atoms with E-state index in [4.69, 9.17) is 4.74 Å². The Morgan fingerprint density at radius 2 is 1.92 bits per heavy atom. The zero-order chi connectivity index (χ0) is 17.1. The number of hydrogen-bond donors (Lipinski definition) is 0. The lowest BCUT2D eigenvalue weighted by Crippen LogP contribution is -2.30. The van der Waals surface area contributed by atoms with Crippen molar-refractivity contribution in [3.05, 3.63) is 64.4 Å². The van der Waals surface area contributed by atoms with Crippen LogP contribution in [0, 0.1) is 0 Å². The van der Waals surface area contributed by atoms with E-state index in [0.29, 0.717) is 6.54 Å². The molecule has 2 aromatic carbocycles. The first-order valence-electron chi connectivity index (χ1n) is 7.92. The largest absolute Gasteiger partial charge is 0.497 e. The van der Waals surface area contributed by atoms with Crippen molar-refractivity contribution in [2.24, 2.45) is 0 Å². The van der Waals surface area contributed by atoms with Crippen molar-refractivity contribution in [1.82, 2.24) is 4.90 Å². The number of fused-ring (bicyclic) bond motifs is 1. The van der Waals surface area contributed by atoms with Gasteiger partial charge < -0.3 is 9.64 Å². The van der Waals surface area contributed by atoms with Crippen LogP contribution in [0.3, 0.4) is 0 Å². The molecule has 0 unspecified atom stereocenters. The third-order valence-corrected chi connectivity index (χ3v) is 5.05. The number of ether oxygens (including phenoxy) is 1. The summed E-state index contributed by atoms with van der Waals surface area (Å²) in [5, 5.41) is 6.35. The van der Waals surface area contributed by atoms with Crippen LogP contribution in [0.5, 0.6) is 5.75 Å². The molecule has 3 aromatic rings. The Morgan fingerprint density at radius 3 is 2.62 bits per heavy atom. The SMILES string of the molecule is COc1ccc2cc([C@H](C)C(=O)N(C)Cc3ccsc3)ccc2c1. The van der Waals surface area contributed by atoms with Gasteiger partial charge in [0.25, 0.3) is 0 Å². The van der Waals surface area contributed by atoms with E-state index in [1.54, 1.807) is 23.3 Å². The lowest BCUT2D eigenvalue weighted by atomic mass is 9.96. The molecule has 0 radical (unpaired) electrons. The molecule has 0 bridgehead atoms. The van der Waals surface area contributed by atoms with Crippen molar-refractivity contribution >= 4 is 28.0 Å². The van der Waals surface area contributed by atoms with E-state index in [1.165, 1.54) is 5.56 Å². The third-order valence-electron chi connectivity index (χ3n) is 4.32. The van der Waals surface area contributed by atoms with Crippen LogP contribution in [0.25, 0.3) is 10.8 Å². The molecule has 1 aromatic heterocycles. The molecule has 1 atom stereocenters. The van der Waals surface area contributed by atoms with E-state index < -0.39 is 0 Å². The predicted octanol–water partition coefficient (Wildman–Crippen LogP) is 4.67. The van der Waals surface area contributed by atoms with Crippen LogP contribution in [0.15, 0.2) is 53.2 Å². The minimum atomic E-state index is -0.167. The minimum Gasteiger partial charge on any atom is -0.497 e. The maximum Gasteiger partial charge on any atom is 0.229 e. The maximum atomic E-state index is 12.7. The first kappa shape index (κ1) is 16.5. The number of likely N-dealkylation sites (N-methyl/N-ethyl adjacent to an activating group) is 1. The van der Waals surface area contributed by atoms with Gasteiger partial charge in [0, 0.05) is 13.6 Å². The third kappa shape index (κ3) is 3.44. The standard InChI is InChI=1S/C20H21NO2S/c1-14(20(22)21(2)12-15-8-9-24-13-15)16-4-5-18-11-19(23-3)7-6-17(18)10-16/h4-11,13-14H,12H2,1-3H3/t14-/m0/s1. The molecule has 0 fully saturated rings. The topological polar surface area (TPSA) is 29.5 Å². The highest BCUT2D eigenvalue weighted by atomic mass is 32.1. The number of hydrogen-bond acceptors (Lipinski definition) is 3. The highest BCUT2D eigenvalue weighted by Crippen LogP contribution is 2.26. The van der Waals surface area contributed by atoms with Gasteiger partial charge in [0.15, 0.2) is 0 Å². The molecular weight excluding hydrogens is 318 g/mol. The lowest BCUT2D eigenvalue weighted by Gasteiger charge is -2.21. The number of carbonyl (C=O) groups is 1. The number of carbonyl (C=O) groups excluding carboxylic acids is 1. The number of benzene rings is 2. The van der Waals surface area contributed by atoms with Gasteiger partial charge in [0.05, 0.1) is 13.0 Å². The van der Waals surface area contributed by atoms with E-state index in [9.17, 15) is 4.79 Å². The average Bonchev–Trinajstić information content (AvgIpc) is 3.12. The minimum absolute atomic E-state index is 0.133. The summed E-state index contributed by atoms with van der Waals surface area (Å²) in [6.45, 7) is 2.62. The van der Waals surface area contributed by atoms with Crippen LogP contribution >= 0.6 is 11.3 Å². The van der Waals surface area contributed by atoms with Crippen molar-refractivity contribution in [3.8, 4) is 5.75 Å². The fourth-order valence-electron chi connectivity index (χ4n) is 2.85. The van der Waals surface area contributed by atoms with Crippen LogP contribution in [0.1, 0.15) is 24.0 Å². The average molecular weight is 339 g/mol. The number of thiophene rings is 1. The molecule has 0 aliphatic rings. The van der Waals surface area contributed by atoms with Crippen LogP contribution in [-0.4, -0.2) is 25.0 Å². The second-order valence-electron chi connectivity index (χ2n) is 6.02. The molecule has 0 aliphatic carbocycles. The molecule has 0 saturated carbocycles. The Labute approximate surface area is 146 Å². The van der Waals surface area contributed by atoms with E-state index in [0.717, 1.165) is 22.1 Å². The van der Waals surface area contributed by atoms with Crippen molar-refractivity contribution in [3.63, 3.8) is 0 Å². The molecule has 3 rings (SSSR count). The van der Waals surface area contributed by atoms with Gasteiger partial charge in [-0.15, -0.1) is 0 Å². The number of amides is 1. The van der Waals surface area contributed by atoms with Crippen molar-refractivity contribution in [2.75, 3.05) is 14.2 Å². The van der Waals surface area contributed by atoms with Gasteiger partial charge >= 0.3 is 0 Å². The van der Waals surface area contributed by atoms with Gasteiger partial charge in [-0.05, 0) is 57.8 Å². The lowest BCUT2D eigenvalue weighted by molar-refractivity contribution is -0.131. The first-order valence-corrected chi connectivity index (χ1v) is 8.86. The van der Waals surface area contributed by atoms with Crippen LogP contribution in [-0.2, 0) is 11.3 Å². The molecule has 124 valence electrons. The zero-order valence-electron chi connectivity index (χ0n) is 14.2. The van der Waals surface area contributed by atoms with Gasteiger partial charge in [-0.1, -0.05) is 24.3 Å². The van der Waals surface area contributed by atoms with E-state index in [-0.39, 0.29) is 11.8 Å². The Balaban J connectivity index is 1.79. The highest BCUT2D eigenvalue weighted by molar-refractivity contribution is 7.07. The Hall–Kier alpha value is -2.33. The van der Waals surface area contributed by atoms with E-state index in [2.05, 4.69) is 23.6 Å². The molecule has 0 N–H and O–H groups in total. The van der Waals surface area contributed by atoms with Gasteiger partial charge in [-0.2, -0.15) is 11.3 Å². The second kappa shape index (κ2) is 7.05. The zero-order valence-corrected chi connectivity index (χ0v) is 15.0. The van der Waals surface area contributed by atoms with Crippen molar-refractivity contribution in [1.29, 1.82) is 0 Å². The molecule has 1 heterocycles. The van der Waals surface area contributed by atoms with Crippen molar-refractivity contribution in [2.45, 2.75) is 19.4 Å². The summed E-state index contributed by atoms with van der Waals surface area (Å²) in [5.74, 6) is 0.809. The molecule has 0 spiro atoms. The van der Waals surface area contributed by atoms with Crippen molar-refractivity contribution < 1.29 is 9.53 Å². The quantitative estimate of drug-likeness (QED) is 0.676. The number of methoxy groups -OCH3 is 1. The summed E-state index contributed by atoms with van der Waals surface area (Å²) >= 11 is 1.65. The monoisotopic (exact) mass is 339 g/mol. The van der Waals surface area contributed by atoms with Gasteiger partial charge in [-0.25, -0.2) is 0 Å². The van der Waals surface area contributed by atoms with Crippen LogP contribution in [0.2, 0.25) is 0 Å². The maximum absolute atomic E-state index is 12.7. The normalized spacial score (nSPS) is 12.1. The molecule has 24 heavy (non-hydrogen) atoms. The number of rotatable bonds is 5. The molecule has 0 saturated heterocycles. The van der Waals surface area contributed by atoms with E-state index in [1.807, 2.05) is 43.6 Å². The summed E-state index contributed by atoms with van der Waals surface area (Å²) in [4.78, 5) is 14.5. The smallest absolute Gasteiger partial charge is 0.229 e. The second-order valence-corrected chi connectivity index (χ2v) is 6.80. The molecular formula is C20H21NO2S. The Bertz CT molecular complexity index is 842. The summed E-state index contributed by atoms with van der Waals surface area (Å²) in [5.41, 5.74) is 2.21. The van der Waals surface area contributed by atoms with Crippen LogP contribution in [0.4, 0.5) is 0 Å². The molecule has 0 aliphatic heterocycles. The van der Waals surface area contributed by atoms with Crippen LogP contribution < -0.4 is 4.74 Å². The summed E-state index contributed by atoms with van der Waals surface area (Å²) < 4.78 is 5.26.